The zero-order valence-corrected chi connectivity index (χ0v) is 24.2. The van der Waals surface area contributed by atoms with Gasteiger partial charge in [0.1, 0.15) is 23.5 Å². The van der Waals surface area contributed by atoms with Gasteiger partial charge in [-0.1, -0.05) is 30.3 Å². The number of fused-ring (bicyclic) bond motifs is 1. The average molecular weight is 564 g/mol. The van der Waals surface area contributed by atoms with E-state index < -0.39 is 68.1 Å². The van der Waals surface area contributed by atoms with Gasteiger partial charge in [-0.2, -0.15) is 0 Å². The third-order valence-corrected chi connectivity index (χ3v) is 8.96. The Balaban J connectivity index is 0.00000253. The van der Waals surface area contributed by atoms with Crippen LogP contribution in [0.25, 0.3) is 0 Å². The summed E-state index contributed by atoms with van der Waals surface area (Å²) in [5, 5.41) is 14.0. The quantitative estimate of drug-likeness (QED) is 0.239. The number of urea groups is 2. The van der Waals surface area contributed by atoms with E-state index in [1.54, 1.807) is 44.2 Å². The molecule has 3 saturated heterocycles. The van der Waals surface area contributed by atoms with Crippen molar-refractivity contribution < 1.29 is 68.5 Å². The Bertz CT molecular complexity index is 1250. The van der Waals surface area contributed by atoms with Crippen LogP contribution in [0.2, 0.25) is 0 Å². The SMILES string of the molecule is CC1(C)S[C@@H]2[C@H](NC(=O)C(NC(=O)N3CCN(S(C)(=O)=O)C3=O)c3ccccc3)C(=O)N2[C@H]1C(=O)O.[H-].[Na+]. The van der Waals surface area contributed by atoms with Gasteiger partial charge in [-0.3, -0.25) is 9.59 Å². The molecule has 37 heavy (non-hydrogen) atoms. The van der Waals surface area contributed by atoms with Crippen molar-refractivity contribution in [2.24, 2.45) is 0 Å². The van der Waals surface area contributed by atoms with Crippen LogP contribution in [0.1, 0.15) is 26.9 Å². The molecule has 6 amide bonds. The number of thioether (sulfide) groups is 1. The Morgan fingerprint density at radius 2 is 1.78 bits per heavy atom. The van der Waals surface area contributed by atoms with Gasteiger partial charge in [-0.15, -0.1) is 11.8 Å². The Kier molecular flexibility index (Phi) is 8.25. The Morgan fingerprint density at radius 3 is 2.32 bits per heavy atom. The molecule has 3 N–H and O–H groups in total. The van der Waals surface area contributed by atoms with Crippen molar-refractivity contribution in [3.05, 3.63) is 35.9 Å². The number of amides is 6. The molecule has 0 aromatic heterocycles. The van der Waals surface area contributed by atoms with E-state index in [1.165, 1.54) is 16.7 Å². The predicted octanol–water partition coefficient (Wildman–Crippen LogP) is -3.12. The number of carbonyl (C=O) groups excluding carboxylic acids is 4. The fourth-order valence-corrected chi connectivity index (χ4v) is 6.96. The first-order chi connectivity index (χ1) is 16.7. The molecule has 1 aromatic carbocycles. The van der Waals surface area contributed by atoms with Gasteiger partial charge in [0.15, 0.2) is 0 Å². The fraction of sp³-hybridized carbons (Fsp3) is 0.476. The van der Waals surface area contributed by atoms with Crippen LogP contribution >= 0.6 is 11.8 Å². The minimum atomic E-state index is -3.87. The topological polar surface area (TPSA) is 173 Å². The molecule has 4 atom stereocenters. The summed E-state index contributed by atoms with van der Waals surface area (Å²) in [7, 11) is -3.87. The molecule has 0 saturated carbocycles. The number of nitrogens with one attached hydrogen (secondary N) is 2. The van der Waals surface area contributed by atoms with Gasteiger partial charge in [-0.05, 0) is 19.4 Å². The van der Waals surface area contributed by atoms with Crippen LogP contribution in [-0.4, -0.2) is 99.0 Å². The van der Waals surface area contributed by atoms with Crippen molar-refractivity contribution in [1.29, 1.82) is 0 Å². The van der Waals surface area contributed by atoms with E-state index in [-0.39, 0.29) is 44.1 Å². The smallest absolute Gasteiger partial charge is 1.00 e. The van der Waals surface area contributed by atoms with Crippen LogP contribution in [0.15, 0.2) is 30.3 Å². The van der Waals surface area contributed by atoms with Crippen molar-refractivity contribution in [2.75, 3.05) is 19.3 Å². The van der Waals surface area contributed by atoms with Crippen LogP contribution in [0.5, 0.6) is 0 Å². The molecular weight excluding hydrogens is 537 g/mol. The Labute approximate surface area is 241 Å². The molecule has 0 aliphatic carbocycles. The first-order valence-electron chi connectivity index (χ1n) is 10.9. The largest absolute Gasteiger partial charge is 1.00 e. The van der Waals surface area contributed by atoms with E-state index in [0.29, 0.717) is 14.8 Å². The van der Waals surface area contributed by atoms with E-state index in [4.69, 9.17) is 0 Å². The standard InChI is InChI=1S/C21H25N5O8S2.Na.H/c1-21(2)14(18(29)30)26-16(28)13(17(26)35-21)22-15(27)12(11-7-5-4-6-8-11)23-19(31)24-9-10-25(20(24)32)36(3,33)34;;/h4-8,12-14,17H,9-10H2,1-3H3,(H,22,27)(H,23,31)(H,29,30);;/q;+1;-1/t12?,13-,14+,17-;;/m1../s1. The summed E-state index contributed by atoms with van der Waals surface area (Å²) in [6.45, 7) is 3.02. The van der Waals surface area contributed by atoms with Gasteiger partial charge in [0.05, 0.1) is 19.3 Å². The van der Waals surface area contributed by atoms with E-state index in [0.717, 1.165) is 6.26 Å². The zero-order chi connectivity index (χ0) is 26.6. The number of carboxylic acids is 1. The molecule has 13 nitrogen and oxygen atoms in total. The second kappa shape index (κ2) is 10.4. The van der Waals surface area contributed by atoms with Crippen molar-refractivity contribution in [3.63, 3.8) is 0 Å². The number of carbonyl (C=O) groups is 5. The number of hydrogen-bond donors (Lipinski definition) is 3. The summed E-state index contributed by atoms with van der Waals surface area (Å²) < 4.78 is 23.3. The molecule has 4 rings (SSSR count). The number of sulfonamides is 1. The summed E-state index contributed by atoms with van der Waals surface area (Å²) in [6.07, 6.45) is 0.850. The second-order valence-electron chi connectivity index (χ2n) is 9.15. The van der Waals surface area contributed by atoms with E-state index in [1.807, 2.05) is 0 Å². The van der Waals surface area contributed by atoms with Gasteiger partial charge in [0.25, 0.3) is 0 Å². The van der Waals surface area contributed by atoms with Gasteiger partial charge >= 0.3 is 47.6 Å². The minimum Gasteiger partial charge on any atom is -1.00 e. The van der Waals surface area contributed by atoms with Crippen molar-refractivity contribution >= 4 is 51.6 Å². The molecule has 3 fully saturated rings. The van der Waals surface area contributed by atoms with E-state index in [9.17, 15) is 37.5 Å². The maximum absolute atomic E-state index is 13.3. The van der Waals surface area contributed by atoms with Crippen LogP contribution in [-0.2, 0) is 24.4 Å². The number of aliphatic carboxylic acids is 1. The molecule has 3 aliphatic rings. The predicted molar refractivity (Wildman–Crippen MR) is 128 cm³/mol. The number of carboxylic acid groups (broad SMARTS) is 1. The van der Waals surface area contributed by atoms with E-state index in [2.05, 4.69) is 10.6 Å². The molecule has 0 radical (unpaired) electrons. The third-order valence-electron chi connectivity index (χ3n) is 6.25. The number of benzene rings is 1. The zero-order valence-electron chi connectivity index (χ0n) is 21.6. The molecule has 16 heteroatoms. The molecule has 0 spiro atoms. The van der Waals surface area contributed by atoms with Crippen molar-refractivity contribution in [3.8, 4) is 0 Å². The van der Waals surface area contributed by atoms with Crippen LogP contribution in [0, 0.1) is 0 Å². The van der Waals surface area contributed by atoms with Crippen LogP contribution in [0.3, 0.4) is 0 Å². The summed E-state index contributed by atoms with van der Waals surface area (Å²) >= 11 is 1.26. The van der Waals surface area contributed by atoms with Gasteiger partial charge in [0.2, 0.25) is 21.8 Å². The monoisotopic (exact) mass is 563 g/mol. The number of hydrogen-bond acceptors (Lipinski definition) is 8. The van der Waals surface area contributed by atoms with E-state index >= 15 is 0 Å². The maximum Gasteiger partial charge on any atom is 1.00 e. The summed E-state index contributed by atoms with van der Waals surface area (Å²) in [5.74, 6) is -2.42. The average Bonchev–Trinajstić information content (AvgIpc) is 3.31. The normalized spacial score (nSPS) is 25.1. The number of nitrogens with zero attached hydrogens (tertiary/aromatic N) is 3. The first-order valence-corrected chi connectivity index (χ1v) is 13.6. The number of β-lactam (4-membered cyclic amide) rings is 1. The number of imide groups is 1. The molecule has 1 unspecified atom stereocenters. The van der Waals surface area contributed by atoms with Crippen molar-refractivity contribution in [2.45, 2.75) is 42.1 Å². The molecule has 3 heterocycles. The summed E-state index contributed by atoms with van der Waals surface area (Å²) in [6, 6.07) is 2.76. The molecular formula is C21H26N5NaO8S2. The Hall–Kier alpha value is -2.33. The van der Waals surface area contributed by atoms with Crippen LogP contribution in [0.4, 0.5) is 9.59 Å². The fourth-order valence-electron chi connectivity index (χ4n) is 4.54. The Morgan fingerprint density at radius 1 is 1.16 bits per heavy atom. The van der Waals surface area contributed by atoms with Crippen LogP contribution < -0.4 is 40.2 Å². The molecule has 3 aliphatic heterocycles. The molecule has 0 bridgehead atoms. The number of rotatable bonds is 6. The second-order valence-corrected chi connectivity index (χ2v) is 12.8. The molecule has 1 aromatic rings. The summed E-state index contributed by atoms with van der Waals surface area (Å²) in [5.41, 5.74) is 0.362. The molecule has 196 valence electrons. The van der Waals surface area contributed by atoms with Gasteiger partial charge in [-0.25, -0.2) is 32.0 Å². The summed E-state index contributed by atoms with van der Waals surface area (Å²) in [4.78, 5) is 65.0. The van der Waals surface area contributed by atoms with Gasteiger partial charge in [0, 0.05) is 4.75 Å². The van der Waals surface area contributed by atoms with Gasteiger partial charge < -0.3 is 22.1 Å². The minimum absolute atomic E-state index is 0. The maximum atomic E-state index is 13.3. The first kappa shape index (κ1) is 29.2. The van der Waals surface area contributed by atoms with Crippen molar-refractivity contribution in [1.82, 2.24) is 24.7 Å². The third kappa shape index (κ3) is 5.32.